The average molecular weight is 296 g/mol. The molecule has 0 saturated heterocycles. The van der Waals surface area contributed by atoms with Crippen molar-refractivity contribution in [1.29, 1.82) is 0 Å². The van der Waals surface area contributed by atoms with E-state index in [1.54, 1.807) is 0 Å². The van der Waals surface area contributed by atoms with E-state index in [1.807, 2.05) is 0 Å². The van der Waals surface area contributed by atoms with Gasteiger partial charge in [0.15, 0.2) is 0 Å². The molecule has 6 heteroatoms. The minimum Gasteiger partial charge on any atom is -0.378 e. The first kappa shape index (κ1) is 14.4. The summed E-state index contributed by atoms with van der Waals surface area (Å²) in [7, 11) is 0. The molecule has 0 aliphatic heterocycles. The molecule has 1 aromatic carbocycles. The van der Waals surface area contributed by atoms with Crippen LogP contribution in [0.1, 0.15) is 25.7 Å². The fraction of sp³-hybridized carbons (Fsp3) is 0.538. The summed E-state index contributed by atoms with van der Waals surface area (Å²) in [6.45, 7) is 0. The Labute approximate surface area is 113 Å². The molecule has 2 rings (SSSR count). The first-order valence-electron chi connectivity index (χ1n) is 6.17. The summed E-state index contributed by atoms with van der Waals surface area (Å²) in [4.78, 5) is 0. The van der Waals surface area contributed by atoms with E-state index in [-0.39, 0.29) is 17.1 Å². The number of anilines is 1. The molecule has 0 aromatic heterocycles. The number of benzene rings is 1. The fourth-order valence-electron chi connectivity index (χ4n) is 2.52. The molecule has 1 nitrogen and oxygen atoms in total. The SMILES string of the molecule is Fc1cccc(Cl)c1NC1CCCCC1C(F)(F)F. The molecule has 1 aliphatic carbocycles. The quantitative estimate of drug-likeness (QED) is 0.756. The second kappa shape index (κ2) is 5.57. The van der Waals surface area contributed by atoms with E-state index in [0.717, 1.165) is 0 Å². The van der Waals surface area contributed by atoms with Crippen molar-refractivity contribution in [3.8, 4) is 0 Å². The molecule has 2 unspecified atom stereocenters. The van der Waals surface area contributed by atoms with Crippen molar-refractivity contribution in [2.24, 2.45) is 5.92 Å². The predicted molar refractivity (Wildman–Crippen MR) is 66.8 cm³/mol. The zero-order valence-corrected chi connectivity index (χ0v) is 10.9. The second-order valence-corrected chi connectivity index (χ2v) is 5.19. The Hall–Kier alpha value is -0.970. The van der Waals surface area contributed by atoms with Crippen LogP contribution in [0, 0.1) is 11.7 Å². The zero-order valence-electron chi connectivity index (χ0n) is 10.1. The van der Waals surface area contributed by atoms with Gasteiger partial charge in [0.05, 0.1) is 16.6 Å². The van der Waals surface area contributed by atoms with E-state index in [2.05, 4.69) is 5.32 Å². The molecule has 1 N–H and O–H groups in total. The van der Waals surface area contributed by atoms with E-state index >= 15 is 0 Å². The van der Waals surface area contributed by atoms with Gasteiger partial charge in [-0.05, 0) is 25.0 Å². The number of hydrogen-bond donors (Lipinski definition) is 1. The van der Waals surface area contributed by atoms with E-state index in [0.29, 0.717) is 19.3 Å². The van der Waals surface area contributed by atoms with E-state index in [9.17, 15) is 17.6 Å². The third-order valence-corrected chi connectivity index (χ3v) is 3.79. The van der Waals surface area contributed by atoms with E-state index < -0.39 is 24.0 Å². The highest BCUT2D eigenvalue weighted by Crippen LogP contribution is 2.40. The Balaban J connectivity index is 2.20. The summed E-state index contributed by atoms with van der Waals surface area (Å²) < 4.78 is 52.4. The Bertz CT molecular complexity index is 427. The number of rotatable bonds is 2. The minimum absolute atomic E-state index is 0.0367. The fourth-order valence-corrected chi connectivity index (χ4v) is 2.73. The maximum Gasteiger partial charge on any atom is 0.393 e. The van der Waals surface area contributed by atoms with Crippen molar-refractivity contribution in [2.45, 2.75) is 37.9 Å². The van der Waals surface area contributed by atoms with Gasteiger partial charge in [-0.25, -0.2) is 4.39 Å². The van der Waals surface area contributed by atoms with Gasteiger partial charge >= 0.3 is 6.18 Å². The van der Waals surface area contributed by atoms with Crippen LogP contribution in [-0.2, 0) is 0 Å². The van der Waals surface area contributed by atoms with Crippen LogP contribution in [0.3, 0.4) is 0 Å². The minimum atomic E-state index is -4.27. The number of para-hydroxylation sites is 1. The lowest BCUT2D eigenvalue weighted by molar-refractivity contribution is -0.184. The Kier molecular flexibility index (Phi) is 4.23. The second-order valence-electron chi connectivity index (χ2n) is 4.78. The van der Waals surface area contributed by atoms with Crippen LogP contribution in [-0.4, -0.2) is 12.2 Å². The van der Waals surface area contributed by atoms with Gasteiger partial charge in [-0.2, -0.15) is 13.2 Å². The third-order valence-electron chi connectivity index (χ3n) is 3.48. The molecule has 19 heavy (non-hydrogen) atoms. The van der Waals surface area contributed by atoms with Gasteiger partial charge in [-0.15, -0.1) is 0 Å². The Morgan fingerprint density at radius 1 is 1.16 bits per heavy atom. The Morgan fingerprint density at radius 3 is 2.47 bits per heavy atom. The van der Waals surface area contributed by atoms with Crippen molar-refractivity contribution in [2.75, 3.05) is 5.32 Å². The lowest BCUT2D eigenvalue weighted by Crippen LogP contribution is -2.41. The molecular weight excluding hydrogens is 282 g/mol. The summed E-state index contributed by atoms with van der Waals surface area (Å²) in [5.41, 5.74) is -0.0367. The van der Waals surface area contributed by atoms with Gasteiger partial charge in [-0.3, -0.25) is 0 Å². The normalized spacial score (nSPS) is 24.3. The van der Waals surface area contributed by atoms with Gasteiger partial charge < -0.3 is 5.32 Å². The van der Waals surface area contributed by atoms with Crippen molar-refractivity contribution in [1.82, 2.24) is 0 Å². The smallest absolute Gasteiger partial charge is 0.378 e. The van der Waals surface area contributed by atoms with Crippen molar-refractivity contribution < 1.29 is 17.6 Å². The summed E-state index contributed by atoms with van der Waals surface area (Å²) in [6.07, 6.45) is -2.57. The molecule has 1 saturated carbocycles. The molecule has 0 spiro atoms. The Morgan fingerprint density at radius 2 is 1.84 bits per heavy atom. The molecule has 0 bridgehead atoms. The lowest BCUT2D eigenvalue weighted by Gasteiger charge is -2.34. The van der Waals surface area contributed by atoms with Crippen molar-refractivity contribution >= 4 is 17.3 Å². The molecule has 1 aliphatic rings. The van der Waals surface area contributed by atoms with Gasteiger partial charge in [0.2, 0.25) is 0 Å². The highest BCUT2D eigenvalue weighted by molar-refractivity contribution is 6.33. The lowest BCUT2D eigenvalue weighted by atomic mass is 9.84. The zero-order chi connectivity index (χ0) is 14.0. The summed E-state index contributed by atoms with van der Waals surface area (Å²) >= 11 is 5.83. The average Bonchev–Trinajstić information content (AvgIpc) is 2.33. The van der Waals surface area contributed by atoms with Crippen molar-refractivity contribution in [3.63, 3.8) is 0 Å². The highest BCUT2D eigenvalue weighted by Gasteiger charge is 2.45. The predicted octanol–water partition coefficient (Wildman–Crippen LogP) is 5.01. The van der Waals surface area contributed by atoms with Crippen LogP contribution in [0.25, 0.3) is 0 Å². The third kappa shape index (κ3) is 3.32. The summed E-state index contributed by atoms with van der Waals surface area (Å²) in [5, 5.41) is 2.75. The highest BCUT2D eigenvalue weighted by atomic mass is 35.5. The van der Waals surface area contributed by atoms with Crippen LogP contribution in [0.4, 0.5) is 23.2 Å². The van der Waals surface area contributed by atoms with Gasteiger partial charge in [0.25, 0.3) is 0 Å². The van der Waals surface area contributed by atoms with Crippen LogP contribution in [0.2, 0.25) is 5.02 Å². The van der Waals surface area contributed by atoms with E-state index in [1.165, 1.54) is 18.2 Å². The van der Waals surface area contributed by atoms with Gasteiger partial charge in [0, 0.05) is 6.04 Å². The van der Waals surface area contributed by atoms with Crippen LogP contribution >= 0.6 is 11.6 Å². The molecule has 1 fully saturated rings. The van der Waals surface area contributed by atoms with Crippen LogP contribution < -0.4 is 5.32 Å². The molecule has 2 atom stereocenters. The van der Waals surface area contributed by atoms with Gasteiger partial charge in [0.1, 0.15) is 5.82 Å². The largest absolute Gasteiger partial charge is 0.393 e. The summed E-state index contributed by atoms with van der Waals surface area (Å²) in [6, 6.07) is 3.24. The standard InChI is InChI=1S/C13H14ClF4N/c14-9-5-3-6-10(15)12(9)19-11-7-2-1-4-8(11)13(16,17)18/h3,5-6,8,11,19H,1-2,4,7H2. The summed E-state index contributed by atoms with van der Waals surface area (Å²) in [5.74, 6) is -2.07. The van der Waals surface area contributed by atoms with Crippen LogP contribution in [0.15, 0.2) is 18.2 Å². The first-order chi connectivity index (χ1) is 8.89. The monoisotopic (exact) mass is 295 g/mol. The molecule has 106 valence electrons. The maximum atomic E-state index is 13.6. The first-order valence-corrected chi connectivity index (χ1v) is 6.54. The van der Waals surface area contributed by atoms with E-state index in [4.69, 9.17) is 11.6 Å². The molecule has 0 radical (unpaired) electrons. The molecule has 0 heterocycles. The van der Waals surface area contributed by atoms with Gasteiger partial charge in [-0.1, -0.05) is 30.5 Å². The molecular formula is C13H14ClF4N. The molecule has 1 aromatic rings. The number of nitrogens with one attached hydrogen (secondary N) is 1. The number of alkyl halides is 3. The molecule has 0 amide bonds. The maximum absolute atomic E-state index is 13.6. The number of halogens is 5. The van der Waals surface area contributed by atoms with Crippen LogP contribution in [0.5, 0.6) is 0 Å². The van der Waals surface area contributed by atoms with Crippen molar-refractivity contribution in [3.05, 3.63) is 29.0 Å². The topological polar surface area (TPSA) is 12.0 Å². The number of hydrogen-bond acceptors (Lipinski definition) is 1.